The number of carbonyl (C=O) groups excluding carboxylic acids is 1. The maximum Gasteiger partial charge on any atom is 0.258 e. The van der Waals surface area contributed by atoms with E-state index in [4.69, 9.17) is 4.52 Å². The lowest BCUT2D eigenvalue weighted by Gasteiger charge is -2.09. The molecule has 0 bridgehead atoms. The first kappa shape index (κ1) is 17.2. The topological polar surface area (TPSA) is 68.0 Å². The Morgan fingerprint density at radius 2 is 2.00 bits per heavy atom. The molecule has 3 rings (SSSR count). The molecule has 0 fully saturated rings. The molecule has 2 heterocycles. The summed E-state index contributed by atoms with van der Waals surface area (Å²) >= 11 is 1.58. The van der Waals surface area contributed by atoms with Gasteiger partial charge in [-0.25, -0.2) is 4.98 Å². The minimum atomic E-state index is -0.213. The Balaban J connectivity index is 1.89. The molecule has 6 heteroatoms. The smallest absolute Gasteiger partial charge is 0.258 e. The van der Waals surface area contributed by atoms with Crippen LogP contribution in [0.15, 0.2) is 58.2 Å². The van der Waals surface area contributed by atoms with E-state index in [2.05, 4.69) is 22.4 Å². The van der Waals surface area contributed by atoms with Crippen LogP contribution >= 0.6 is 11.8 Å². The number of pyridine rings is 1. The van der Waals surface area contributed by atoms with E-state index in [1.54, 1.807) is 37.0 Å². The molecule has 0 aliphatic rings. The molecule has 0 unspecified atom stereocenters. The van der Waals surface area contributed by atoms with E-state index in [1.807, 2.05) is 30.3 Å². The lowest BCUT2D eigenvalue weighted by molar-refractivity contribution is 0.102. The Kier molecular flexibility index (Phi) is 5.50. The summed E-state index contributed by atoms with van der Waals surface area (Å²) in [5.41, 5.74) is 2.66. The molecule has 0 spiro atoms. The summed E-state index contributed by atoms with van der Waals surface area (Å²) in [5.74, 6) is 1.27. The second-order valence-corrected chi connectivity index (χ2v) is 6.57. The molecule has 0 aliphatic heterocycles. The van der Waals surface area contributed by atoms with Crippen molar-refractivity contribution in [2.75, 3.05) is 11.1 Å². The third-order valence-electron chi connectivity index (χ3n) is 3.61. The molecule has 25 heavy (non-hydrogen) atoms. The van der Waals surface area contributed by atoms with Crippen LogP contribution in [-0.4, -0.2) is 21.8 Å². The lowest BCUT2D eigenvalue weighted by atomic mass is 10.1. The highest BCUT2D eigenvalue weighted by molar-refractivity contribution is 7.99. The van der Waals surface area contributed by atoms with Crippen LogP contribution in [0.5, 0.6) is 0 Å². The van der Waals surface area contributed by atoms with Crippen molar-refractivity contribution < 1.29 is 9.32 Å². The van der Waals surface area contributed by atoms with Crippen molar-refractivity contribution in [3.63, 3.8) is 0 Å². The van der Waals surface area contributed by atoms with Gasteiger partial charge in [0.15, 0.2) is 5.76 Å². The van der Waals surface area contributed by atoms with Crippen molar-refractivity contribution in [1.29, 1.82) is 0 Å². The zero-order chi connectivity index (χ0) is 17.6. The largest absolute Gasteiger partial charge is 0.359 e. The minimum Gasteiger partial charge on any atom is -0.359 e. The van der Waals surface area contributed by atoms with Crippen LogP contribution in [0.3, 0.4) is 0 Å². The molecule has 0 atom stereocenters. The predicted octanol–water partition coefficient (Wildman–Crippen LogP) is 4.80. The third-order valence-corrected chi connectivity index (χ3v) is 4.82. The molecule has 1 amide bonds. The van der Waals surface area contributed by atoms with Gasteiger partial charge in [-0.3, -0.25) is 4.79 Å². The average molecular weight is 353 g/mol. The van der Waals surface area contributed by atoms with Gasteiger partial charge in [0.2, 0.25) is 0 Å². The Labute approximate surface area is 150 Å². The number of benzene rings is 1. The molecular weight excluding hydrogens is 334 g/mol. The molecule has 2 aromatic heterocycles. The van der Waals surface area contributed by atoms with Gasteiger partial charge in [-0.1, -0.05) is 42.4 Å². The van der Waals surface area contributed by atoms with Crippen molar-refractivity contribution >= 4 is 23.4 Å². The Hall–Kier alpha value is -2.60. The second kappa shape index (κ2) is 7.98. The summed E-state index contributed by atoms with van der Waals surface area (Å²) in [6, 6.07) is 13.2. The van der Waals surface area contributed by atoms with E-state index < -0.39 is 0 Å². The fraction of sp³-hybridized carbons (Fsp3) is 0.211. The first-order valence-electron chi connectivity index (χ1n) is 8.11. The van der Waals surface area contributed by atoms with Crippen LogP contribution < -0.4 is 5.32 Å². The molecular formula is C19H19N3O2S. The molecule has 0 aliphatic carbocycles. The number of hydrogen-bond acceptors (Lipinski definition) is 5. The van der Waals surface area contributed by atoms with Crippen molar-refractivity contribution in [3.05, 3.63) is 60.0 Å². The van der Waals surface area contributed by atoms with Crippen LogP contribution in [-0.2, 0) is 0 Å². The first-order chi connectivity index (χ1) is 12.2. The third kappa shape index (κ3) is 3.91. The van der Waals surface area contributed by atoms with Gasteiger partial charge in [-0.05, 0) is 31.2 Å². The van der Waals surface area contributed by atoms with E-state index in [9.17, 15) is 4.79 Å². The Morgan fingerprint density at radius 1 is 1.20 bits per heavy atom. The van der Waals surface area contributed by atoms with E-state index in [-0.39, 0.29) is 5.91 Å². The highest BCUT2D eigenvalue weighted by atomic mass is 32.2. The SMILES string of the molecule is CCCSc1ncccc1C(=O)Nc1c(-c2ccccc2)noc1C. The normalized spacial score (nSPS) is 10.6. The summed E-state index contributed by atoms with van der Waals surface area (Å²) in [5, 5.41) is 7.77. The molecule has 0 radical (unpaired) electrons. The van der Waals surface area contributed by atoms with Crippen molar-refractivity contribution in [2.24, 2.45) is 0 Å². The molecule has 3 aromatic rings. The van der Waals surface area contributed by atoms with Gasteiger partial charge in [0.1, 0.15) is 16.4 Å². The van der Waals surface area contributed by atoms with E-state index >= 15 is 0 Å². The van der Waals surface area contributed by atoms with Gasteiger partial charge >= 0.3 is 0 Å². The number of hydrogen-bond donors (Lipinski definition) is 1. The summed E-state index contributed by atoms with van der Waals surface area (Å²) in [6.07, 6.45) is 2.72. The molecule has 0 saturated carbocycles. The van der Waals surface area contributed by atoms with Gasteiger partial charge in [-0.15, -0.1) is 11.8 Å². The number of aryl methyl sites for hydroxylation is 1. The predicted molar refractivity (Wildman–Crippen MR) is 99.9 cm³/mol. The fourth-order valence-corrected chi connectivity index (χ4v) is 3.22. The number of rotatable bonds is 6. The van der Waals surface area contributed by atoms with Crippen LogP contribution in [0.1, 0.15) is 29.5 Å². The summed E-state index contributed by atoms with van der Waals surface area (Å²) < 4.78 is 5.30. The van der Waals surface area contributed by atoms with Crippen LogP contribution in [0.2, 0.25) is 0 Å². The maximum absolute atomic E-state index is 12.8. The summed E-state index contributed by atoms with van der Waals surface area (Å²) in [6.45, 7) is 3.88. The zero-order valence-corrected chi connectivity index (χ0v) is 15.0. The van der Waals surface area contributed by atoms with Gasteiger partial charge in [-0.2, -0.15) is 0 Å². The molecule has 1 aromatic carbocycles. The summed E-state index contributed by atoms with van der Waals surface area (Å²) in [7, 11) is 0. The lowest BCUT2D eigenvalue weighted by Crippen LogP contribution is -2.14. The highest BCUT2D eigenvalue weighted by Crippen LogP contribution is 2.31. The van der Waals surface area contributed by atoms with Crippen molar-refractivity contribution in [3.8, 4) is 11.3 Å². The quantitative estimate of drug-likeness (QED) is 0.645. The molecule has 128 valence electrons. The average Bonchev–Trinajstić information content (AvgIpc) is 3.01. The number of aromatic nitrogens is 2. The summed E-state index contributed by atoms with van der Waals surface area (Å²) in [4.78, 5) is 17.1. The van der Waals surface area contributed by atoms with Gasteiger partial charge in [0.25, 0.3) is 5.91 Å². The van der Waals surface area contributed by atoms with Gasteiger partial charge < -0.3 is 9.84 Å². The van der Waals surface area contributed by atoms with Crippen LogP contribution in [0.25, 0.3) is 11.3 Å². The highest BCUT2D eigenvalue weighted by Gasteiger charge is 2.19. The van der Waals surface area contributed by atoms with Crippen LogP contribution in [0.4, 0.5) is 5.69 Å². The maximum atomic E-state index is 12.8. The fourth-order valence-electron chi connectivity index (χ4n) is 2.37. The van der Waals surface area contributed by atoms with Gasteiger partial charge in [0, 0.05) is 11.8 Å². The molecule has 5 nitrogen and oxygen atoms in total. The second-order valence-electron chi connectivity index (χ2n) is 5.49. The first-order valence-corrected chi connectivity index (χ1v) is 9.10. The number of thioether (sulfide) groups is 1. The number of carbonyl (C=O) groups is 1. The number of anilines is 1. The van der Waals surface area contributed by atoms with E-state index in [0.29, 0.717) is 22.7 Å². The monoisotopic (exact) mass is 353 g/mol. The zero-order valence-electron chi connectivity index (χ0n) is 14.2. The number of amides is 1. The van der Waals surface area contributed by atoms with Crippen molar-refractivity contribution in [2.45, 2.75) is 25.3 Å². The Morgan fingerprint density at radius 3 is 2.76 bits per heavy atom. The van der Waals surface area contributed by atoms with E-state index in [1.165, 1.54) is 0 Å². The standard InChI is InChI=1S/C19H19N3O2S/c1-3-12-25-19-15(10-7-11-20-19)18(23)21-16-13(2)24-22-17(16)14-8-5-4-6-9-14/h4-11H,3,12H2,1-2H3,(H,21,23). The minimum absolute atomic E-state index is 0.213. The van der Waals surface area contributed by atoms with Crippen LogP contribution in [0, 0.1) is 6.92 Å². The van der Waals surface area contributed by atoms with Crippen molar-refractivity contribution in [1.82, 2.24) is 10.1 Å². The number of nitrogens with zero attached hydrogens (tertiary/aromatic N) is 2. The number of nitrogens with one attached hydrogen (secondary N) is 1. The molecule has 0 saturated heterocycles. The Bertz CT molecular complexity index is 862. The van der Waals surface area contributed by atoms with E-state index in [0.717, 1.165) is 22.8 Å². The molecule has 1 N–H and O–H groups in total. The van der Waals surface area contributed by atoms with Gasteiger partial charge in [0.05, 0.1) is 5.56 Å².